The molecule has 0 heterocycles. The van der Waals surface area contributed by atoms with E-state index in [1.807, 2.05) is 0 Å². The van der Waals surface area contributed by atoms with E-state index in [0.29, 0.717) is 17.1 Å². The maximum absolute atomic E-state index is 11.4. The highest BCUT2D eigenvalue weighted by molar-refractivity contribution is 5.94. The number of ketones is 1. The molecule has 2 aromatic carbocycles. The van der Waals surface area contributed by atoms with E-state index in [-0.39, 0.29) is 18.1 Å². The van der Waals surface area contributed by atoms with Crippen LogP contribution in [-0.2, 0) is 6.61 Å². The van der Waals surface area contributed by atoms with Gasteiger partial charge in [-0.05, 0) is 37.3 Å². The molecule has 0 atom stereocenters. The highest BCUT2D eigenvalue weighted by atomic mass is 16.6. The van der Waals surface area contributed by atoms with Gasteiger partial charge < -0.3 is 9.47 Å². The lowest BCUT2D eigenvalue weighted by molar-refractivity contribution is -0.384. The summed E-state index contributed by atoms with van der Waals surface area (Å²) in [5.41, 5.74) is 1.31. The van der Waals surface area contributed by atoms with Crippen LogP contribution in [0.2, 0.25) is 0 Å². The molecule has 0 unspecified atom stereocenters. The predicted molar refractivity (Wildman–Crippen MR) is 80.4 cm³/mol. The van der Waals surface area contributed by atoms with Crippen molar-refractivity contribution < 1.29 is 19.2 Å². The standard InChI is InChI=1S/C16H15NO5/c1-11(18)12-3-8-16(21-2)13(9-12)10-22-15-6-4-14(5-7-15)17(19)20/h3-9H,10H2,1-2H3. The monoisotopic (exact) mass is 301 g/mol. The van der Waals surface area contributed by atoms with Crippen molar-refractivity contribution in [3.63, 3.8) is 0 Å². The molecular formula is C16H15NO5. The molecule has 0 spiro atoms. The van der Waals surface area contributed by atoms with Crippen LogP contribution in [0.25, 0.3) is 0 Å². The van der Waals surface area contributed by atoms with Crippen molar-refractivity contribution >= 4 is 11.5 Å². The van der Waals surface area contributed by atoms with Crippen LogP contribution in [0.5, 0.6) is 11.5 Å². The number of ether oxygens (including phenoxy) is 2. The van der Waals surface area contributed by atoms with E-state index in [0.717, 1.165) is 5.56 Å². The van der Waals surface area contributed by atoms with Crippen molar-refractivity contribution in [1.82, 2.24) is 0 Å². The lowest BCUT2D eigenvalue weighted by atomic mass is 10.1. The lowest BCUT2D eigenvalue weighted by Gasteiger charge is -2.11. The van der Waals surface area contributed by atoms with E-state index in [4.69, 9.17) is 9.47 Å². The number of nitro groups is 1. The molecule has 0 saturated carbocycles. The Morgan fingerprint density at radius 3 is 2.41 bits per heavy atom. The summed E-state index contributed by atoms with van der Waals surface area (Å²) in [4.78, 5) is 21.6. The predicted octanol–water partition coefficient (Wildman–Crippen LogP) is 3.39. The van der Waals surface area contributed by atoms with Crippen molar-refractivity contribution in [3.05, 3.63) is 63.7 Å². The van der Waals surface area contributed by atoms with Crippen LogP contribution in [0.3, 0.4) is 0 Å². The normalized spacial score (nSPS) is 10.1. The molecule has 0 aliphatic heterocycles. The van der Waals surface area contributed by atoms with Gasteiger partial charge in [-0.15, -0.1) is 0 Å². The second-order valence-corrected chi connectivity index (χ2v) is 4.62. The Morgan fingerprint density at radius 1 is 1.18 bits per heavy atom. The van der Waals surface area contributed by atoms with E-state index in [9.17, 15) is 14.9 Å². The average Bonchev–Trinajstić information content (AvgIpc) is 2.52. The van der Waals surface area contributed by atoms with Gasteiger partial charge in [0.2, 0.25) is 0 Å². The van der Waals surface area contributed by atoms with Gasteiger partial charge in [0, 0.05) is 23.3 Å². The van der Waals surface area contributed by atoms with E-state index >= 15 is 0 Å². The Balaban J connectivity index is 2.14. The van der Waals surface area contributed by atoms with E-state index in [2.05, 4.69) is 0 Å². The van der Waals surface area contributed by atoms with Gasteiger partial charge in [-0.3, -0.25) is 14.9 Å². The fraction of sp³-hybridized carbons (Fsp3) is 0.188. The number of non-ortho nitro benzene ring substituents is 1. The fourth-order valence-corrected chi connectivity index (χ4v) is 1.94. The molecule has 0 bridgehead atoms. The summed E-state index contributed by atoms with van der Waals surface area (Å²) >= 11 is 0. The first-order valence-corrected chi connectivity index (χ1v) is 6.56. The summed E-state index contributed by atoms with van der Waals surface area (Å²) in [5.74, 6) is 1.08. The first-order chi connectivity index (χ1) is 10.5. The molecule has 0 radical (unpaired) electrons. The highest BCUT2D eigenvalue weighted by Crippen LogP contribution is 2.23. The number of hydrogen-bond donors (Lipinski definition) is 0. The maximum Gasteiger partial charge on any atom is 0.269 e. The summed E-state index contributed by atoms with van der Waals surface area (Å²) in [6.45, 7) is 1.69. The molecule has 0 amide bonds. The molecule has 0 N–H and O–H groups in total. The fourth-order valence-electron chi connectivity index (χ4n) is 1.94. The van der Waals surface area contributed by atoms with Crippen LogP contribution < -0.4 is 9.47 Å². The molecule has 0 aliphatic carbocycles. The van der Waals surface area contributed by atoms with Gasteiger partial charge in [0.15, 0.2) is 5.78 Å². The van der Waals surface area contributed by atoms with Gasteiger partial charge in [-0.25, -0.2) is 0 Å². The molecule has 2 aromatic rings. The van der Waals surface area contributed by atoms with E-state index in [1.54, 1.807) is 18.2 Å². The Morgan fingerprint density at radius 2 is 1.86 bits per heavy atom. The smallest absolute Gasteiger partial charge is 0.269 e. The first kappa shape index (κ1) is 15.5. The molecule has 6 heteroatoms. The summed E-state index contributed by atoms with van der Waals surface area (Å²) in [6, 6.07) is 10.9. The average molecular weight is 301 g/mol. The second-order valence-electron chi connectivity index (χ2n) is 4.62. The van der Waals surface area contributed by atoms with Gasteiger partial charge in [0.25, 0.3) is 5.69 Å². The molecule has 0 aliphatic rings. The molecular weight excluding hydrogens is 286 g/mol. The Kier molecular flexibility index (Phi) is 4.73. The summed E-state index contributed by atoms with van der Waals surface area (Å²) in [5, 5.41) is 10.6. The summed E-state index contributed by atoms with van der Waals surface area (Å²) < 4.78 is 10.8. The molecule has 0 aromatic heterocycles. The van der Waals surface area contributed by atoms with Crippen LogP contribution in [0, 0.1) is 10.1 Å². The molecule has 0 fully saturated rings. The molecule has 22 heavy (non-hydrogen) atoms. The Bertz CT molecular complexity index is 694. The van der Waals surface area contributed by atoms with Crippen LogP contribution in [0.15, 0.2) is 42.5 Å². The van der Waals surface area contributed by atoms with Gasteiger partial charge >= 0.3 is 0 Å². The molecule has 6 nitrogen and oxygen atoms in total. The third-order valence-electron chi connectivity index (χ3n) is 3.13. The van der Waals surface area contributed by atoms with Crippen LogP contribution in [0.1, 0.15) is 22.8 Å². The van der Waals surface area contributed by atoms with Crippen LogP contribution in [-0.4, -0.2) is 17.8 Å². The number of methoxy groups -OCH3 is 1. The minimum Gasteiger partial charge on any atom is -0.496 e. The number of carbonyl (C=O) groups is 1. The van der Waals surface area contributed by atoms with Crippen molar-refractivity contribution in [2.75, 3.05) is 7.11 Å². The van der Waals surface area contributed by atoms with Gasteiger partial charge in [0.1, 0.15) is 18.1 Å². The number of hydrogen-bond acceptors (Lipinski definition) is 5. The minimum absolute atomic E-state index is 0.00325. The zero-order valence-electron chi connectivity index (χ0n) is 12.2. The first-order valence-electron chi connectivity index (χ1n) is 6.56. The lowest BCUT2D eigenvalue weighted by Crippen LogP contribution is -2.02. The zero-order chi connectivity index (χ0) is 16.1. The van der Waals surface area contributed by atoms with Gasteiger partial charge in [-0.2, -0.15) is 0 Å². The second kappa shape index (κ2) is 6.71. The zero-order valence-corrected chi connectivity index (χ0v) is 12.2. The van der Waals surface area contributed by atoms with Gasteiger partial charge in [0.05, 0.1) is 12.0 Å². The van der Waals surface area contributed by atoms with Crippen molar-refractivity contribution in [2.24, 2.45) is 0 Å². The SMILES string of the molecule is COc1ccc(C(C)=O)cc1COc1ccc([N+](=O)[O-])cc1. The number of benzene rings is 2. The Hall–Kier alpha value is -2.89. The Labute approximate surface area is 127 Å². The molecule has 114 valence electrons. The maximum atomic E-state index is 11.4. The molecule has 0 saturated heterocycles. The van der Waals surface area contributed by atoms with Crippen molar-refractivity contribution in [1.29, 1.82) is 0 Å². The number of nitro benzene ring substituents is 1. The third-order valence-corrected chi connectivity index (χ3v) is 3.13. The van der Waals surface area contributed by atoms with Crippen LogP contribution in [0.4, 0.5) is 5.69 Å². The topological polar surface area (TPSA) is 78.7 Å². The number of carbonyl (C=O) groups excluding carboxylic acids is 1. The number of rotatable bonds is 6. The van der Waals surface area contributed by atoms with Crippen molar-refractivity contribution in [3.8, 4) is 11.5 Å². The van der Waals surface area contributed by atoms with Crippen molar-refractivity contribution in [2.45, 2.75) is 13.5 Å². The highest BCUT2D eigenvalue weighted by Gasteiger charge is 2.09. The summed E-state index contributed by atoms with van der Waals surface area (Å²) in [6.07, 6.45) is 0. The van der Waals surface area contributed by atoms with E-state index in [1.165, 1.54) is 38.3 Å². The third kappa shape index (κ3) is 3.60. The van der Waals surface area contributed by atoms with E-state index < -0.39 is 4.92 Å². The largest absolute Gasteiger partial charge is 0.496 e. The minimum atomic E-state index is -0.469. The quantitative estimate of drug-likeness (QED) is 0.464. The number of Topliss-reactive ketones (excluding diaryl/α,β-unsaturated/α-hetero) is 1. The number of nitrogens with zero attached hydrogens (tertiary/aromatic N) is 1. The van der Waals surface area contributed by atoms with Crippen LogP contribution >= 0.6 is 0 Å². The summed E-state index contributed by atoms with van der Waals surface area (Å²) in [7, 11) is 1.54. The van der Waals surface area contributed by atoms with Gasteiger partial charge in [-0.1, -0.05) is 0 Å². The molecule has 2 rings (SSSR count).